The van der Waals surface area contributed by atoms with Crippen molar-refractivity contribution in [3.8, 4) is 0 Å². The molecule has 22 heavy (non-hydrogen) atoms. The second-order valence-electron chi connectivity index (χ2n) is 4.71. The van der Waals surface area contributed by atoms with Crippen LogP contribution in [-0.4, -0.2) is 26.3 Å². The van der Waals surface area contributed by atoms with Crippen molar-refractivity contribution >= 4 is 25.1 Å². The number of carbonyl (C=O) groups is 1. The number of fused-ring (bicyclic) bond motifs is 1. The first-order valence-electron chi connectivity index (χ1n) is 7.32. The smallest absolute Gasteiger partial charge is 0.337 e. The zero-order valence-corrected chi connectivity index (χ0v) is 14.1. The lowest BCUT2D eigenvalue weighted by molar-refractivity contribution is 0.0601. The van der Waals surface area contributed by atoms with Gasteiger partial charge in [0.15, 0.2) is 8.38 Å². The van der Waals surface area contributed by atoms with Gasteiger partial charge in [0, 0.05) is 6.16 Å². The quantitative estimate of drug-likeness (QED) is 0.556. The van der Waals surface area contributed by atoms with E-state index in [4.69, 9.17) is 13.8 Å². The third kappa shape index (κ3) is 4.26. The predicted octanol–water partition coefficient (Wildman–Crippen LogP) is 4.51. The molecule has 2 aromatic rings. The molecule has 118 valence electrons. The number of hydrogen-bond donors (Lipinski definition) is 0. The van der Waals surface area contributed by atoms with E-state index in [0.29, 0.717) is 18.8 Å². The van der Waals surface area contributed by atoms with Crippen LogP contribution in [0.25, 0.3) is 10.8 Å². The standard InChI is InChI=1S/C17H21O4P/c1-4-20-22(21-5-2)12-13-6-7-15-11-16(17(18)19-3)9-8-14(15)10-13/h6-11H,4-5,12H2,1-3H3. The van der Waals surface area contributed by atoms with Crippen molar-refractivity contribution in [2.45, 2.75) is 20.0 Å². The van der Waals surface area contributed by atoms with Crippen molar-refractivity contribution < 1.29 is 18.6 Å². The molecule has 0 aliphatic rings. The van der Waals surface area contributed by atoms with Crippen LogP contribution in [0.5, 0.6) is 0 Å². The van der Waals surface area contributed by atoms with E-state index in [1.54, 1.807) is 6.07 Å². The van der Waals surface area contributed by atoms with Crippen LogP contribution in [0.1, 0.15) is 29.8 Å². The number of hydrogen-bond acceptors (Lipinski definition) is 4. The van der Waals surface area contributed by atoms with Gasteiger partial charge in [-0.3, -0.25) is 0 Å². The molecule has 2 aromatic carbocycles. The molecule has 4 nitrogen and oxygen atoms in total. The molecule has 0 N–H and O–H groups in total. The van der Waals surface area contributed by atoms with Gasteiger partial charge in [0.2, 0.25) is 0 Å². The van der Waals surface area contributed by atoms with Crippen molar-refractivity contribution in [2.75, 3.05) is 20.3 Å². The maximum atomic E-state index is 11.6. The molecule has 0 amide bonds. The summed E-state index contributed by atoms with van der Waals surface area (Å²) >= 11 is 0. The Bertz CT molecular complexity index is 636. The van der Waals surface area contributed by atoms with Gasteiger partial charge < -0.3 is 13.8 Å². The minimum Gasteiger partial charge on any atom is -0.465 e. The summed E-state index contributed by atoms with van der Waals surface area (Å²) in [6, 6.07) is 11.8. The Kier molecular flexibility index (Phi) is 6.32. The molecule has 0 spiro atoms. The van der Waals surface area contributed by atoms with Crippen LogP contribution in [-0.2, 0) is 19.9 Å². The summed E-state index contributed by atoms with van der Waals surface area (Å²) in [4.78, 5) is 11.6. The van der Waals surface area contributed by atoms with Crippen LogP contribution in [0.2, 0.25) is 0 Å². The molecule has 0 aliphatic carbocycles. The number of rotatable bonds is 7. The van der Waals surface area contributed by atoms with Gasteiger partial charge in [0.25, 0.3) is 0 Å². The molecule has 0 radical (unpaired) electrons. The molecule has 0 aliphatic heterocycles. The summed E-state index contributed by atoms with van der Waals surface area (Å²) in [5.41, 5.74) is 1.74. The lowest BCUT2D eigenvalue weighted by Gasteiger charge is -2.16. The minimum absolute atomic E-state index is 0.317. The molecular formula is C17H21O4P. The van der Waals surface area contributed by atoms with Crippen molar-refractivity contribution in [3.63, 3.8) is 0 Å². The zero-order chi connectivity index (χ0) is 15.9. The summed E-state index contributed by atoms with van der Waals surface area (Å²) in [7, 11) is 0.502. The fraction of sp³-hybridized carbons (Fsp3) is 0.353. The molecule has 0 fully saturated rings. The van der Waals surface area contributed by atoms with Gasteiger partial charge in [-0.15, -0.1) is 0 Å². The van der Waals surface area contributed by atoms with Crippen molar-refractivity contribution in [3.05, 3.63) is 47.5 Å². The van der Waals surface area contributed by atoms with Gasteiger partial charge in [-0.25, -0.2) is 4.79 Å². The summed E-state index contributed by atoms with van der Waals surface area (Å²) in [6.07, 6.45) is 0.770. The van der Waals surface area contributed by atoms with Crippen LogP contribution in [0, 0.1) is 0 Å². The summed E-state index contributed by atoms with van der Waals surface area (Å²) in [6.45, 7) is 5.26. The molecule has 0 unspecified atom stereocenters. The molecule has 5 heteroatoms. The Hall–Kier alpha value is -1.48. The van der Waals surface area contributed by atoms with E-state index >= 15 is 0 Å². The van der Waals surface area contributed by atoms with Gasteiger partial charge in [-0.05, 0) is 42.3 Å². The molecule has 0 saturated heterocycles. The van der Waals surface area contributed by atoms with Gasteiger partial charge in [-0.1, -0.05) is 24.3 Å². The van der Waals surface area contributed by atoms with Gasteiger partial charge in [0.05, 0.1) is 25.9 Å². The van der Waals surface area contributed by atoms with Crippen LogP contribution >= 0.6 is 8.38 Å². The fourth-order valence-corrected chi connectivity index (χ4v) is 3.53. The van der Waals surface area contributed by atoms with E-state index in [0.717, 1.165) is 16.9 Å². The molecular weight excluding hydrogens is 299 g/mol. The van der Waals surface area contributed by atoms with Crippen LogP contribution < -0.4 is 0 Å². The van der Waals surface area contributed by atoms with E-state index in [1.807, 2.05) is 32.0 Å². The summed E-state index contributed by atoms with van der Waals surface area (Å²) < 4.78 is 16.0. The second kappa shape index (κ2) is 8.23. The Balaban J connectivity index is 2.21. The Labute approximate surface area is 132 Å². The minimum atomic E-state index is -0.886. The summed E-state index contributed by atoms with van der Waals surface area (Å²) in [5, 5.41) is 2.11. The first-order chi connectivity index (χ1) is 10.7. The van der Waals surface area contributed by atoms with Crippen molar-refractivity contribution in [2.24, 2.45) is 0 Å². The van der Waals surface area contributed by atoms with Crippen LogP contribution in [0.15, 0.2) is 36.4 Å². The molecule has 0 saturated carbocycles. The molecule has 0 heterocycles. The maximum Gasteiger partial charge on any atom is 0.337 e. The lowest BCUT2D eigenvalue weighted by atomic mass is 10.0. The monoisotopic (exact) mass is 320 g/mol. The average Bonchev–Trinajstić information content (AvgIpc) is 2.54. The van der Waals surface area contributed by atoms with Gasteiger partial charge in [-0.2, -0.15) is 0 Å². The maximum absolute atomic E-state index is 11.6. The Morgan fingerprint density at radius 1 is 1.00 bits per heavy atom. The first-order valence-corrected chi connectivity index (χ1v) is 8.68. The highest BCUT2D eigenvalue weighted by Gasteiger charge is 2.11. The van der Waals surface area contributed by atoms with Crippen molar-refractivity contribution in [1.29, 1.82) is 0 Å². The van der Waals surface area contributed by atoms with E-state index < -0.39 is 8.38 Å². The predicted molar refractivity (Wildman–Crippen MR) is 89.2 cm³/mol. The van der Waals surface area contributed by atoms with Crippen LogP contribution in [0.3, 0.4) is 0 Å². The van der Waals surface area contributed by atoms with Crippen molar-refractivity contribution in [1.82, 2.24) is 0 Å². The number of esters is 1. The second-order valence-corrected chi connectivity index (χ2v) is 6.21. The Morgan fingerprint density at radius 3 is 2.27 bits per heavy atom. The SMILES string of the molecule is CCOP(Cc1ccc2cc(C(=O)OC)ccc2c1)OCC. The fourth-order valence-electron chi connectivity index (χ4n) is 2.20. The van der Waals surface area contributed by atoms with Gasteiger partial charge in [0.1, 0.15) is 0 Å². The number of methoxy groups -OCH3 is 1. The average molecular weight is 320 g/mol. The molecule has 0 aromatic heterocycles. The molecule has 0 bridgehead atoms. The lowest BCUT2D eigenvalue weighted by Crippen LogP contribution is -2.00. The first kappa shape index (κ1) is 16.9. The Morgan fingerprint density at radius 2 is 1.64 bits per heavy atom. The number of carbonyl (C=O) groups excluding carboxylic acids is 1. The number of benzene rings is 2. The van der Waals surface area contributed by atoms with E-state index in [1.165, 1.54) is 12.7 Å². The van der Waals surface area contributed by atoms with Crippen LogP contribution in [0.4, 0.5) is 0 Å². The highest BCUT2D eigenvalue weighted by Crippen LogP contribution is 2.42. The van der Waals surface area contributed by atoms with Gasteiger partial charge >= 0.3 is 5.97 Å². The largest absolute Gasteiger partial charge is 0.465 e. The van der Waals surface area contributed by atoms with E-state index in [-0.39, 0.29) is 5.97 Å². The zero-order valence-electron chi connectivity index (χ0n) is 13.2. The highest BCUT2D eigenvalue weighted by atomic mass is 31.2. The van der Waals surface area contributed by atoms with E-state index in [9.17, 15) is 4.79 Å². The third-order valence-corrected chi connectivity index (χ3v) is 4.90. The van der Waals surface area contributed by atoms with E-state index in [2.05, 4.69) is 12.1 Å². The summed E-state index contributed by atoms with van der Waals surface area (Å²) in [5.74, 6) is -0.317. The molecule has 0 atom stereocenters. The normalized spacial score (nSPS) is 11.1. The molecule has 2 rings (SSSR count). The number of ether oxygens (including phenoxy) is 1. The highest BCUT2D eigenvalue weighted by molar-refractivity contribution is 7.46. The topological polar surface area (TPSA) is 44.8 Å². The third-order valence-electron chi connectivity index (χ3n) is 3.18.